The number of hydrogen-bond acceptors (Lipinski definition) is 7. The lowest BCUT2D eigenvalue weighted by Crippen LogP contribution is -2.29. The van der Waals surface area contributed by atoms with Crippen LogP contribution in [0, 0.1) is 5.92 Å². The van der Waals surface area contributed by atoms with Crippen molar-refractivity contribution in [2.24, 2.45) is 21.7 Å². The molecule has 2 aromatic carbocycles. The number of hydrazone groups is 1. The molecule has 2 heterocycles. The molecular weight excluding hydrogens is 545 g/mol. The molecule has 13 heteroatoms. The number of esters is 1. The second-order valence-electron chi connectivity index (χ2n) is 7.74. The van der Waals surface area contributed by atoms with Crippen LogP contribution in [0.3, 0.4) is 0 Å². The highest BCUT2D eigenvalue weighted by Crippen LogP contribution is 2.39. The maximum absolute atomic E-state index is 13.1. The molecule has 0 radical (unpaired) electrons. The van der Waals surface area contributed by atoms with Gasteiger partial charge in [-0.3, -0.25) is 9.80 Å². The molecule has 0 spiro atoms. The third kappa shape index (κ3) is 5.20. The molecule has 0 aromatic heterocycles. The number of hydrogen-bond donors (Lipinski definition) is 3. The molecular formula is C23H20BrF3N6O3. The van der Waals surface area contributed by atoms with Crippen molar-refractivity contribution < 1.29 is 27.5 Å². The number of carbonyl (C=O) groups is 2. The highest BCUT2D eigenvalue weighted by Gasteiger charge is 2.40. The number of rotatable bonds is 5. The molecule has 1 atom stereocenters. The van der Waals surface area contributed by atoms with Crippen LogP contribution in [0.2, 0.25) is 0 Å². The molecule has 0 bridgehead atoms. The van der Waals surface area contributed by atoms with Gasteiger partial charge in [0.25, 0.3) is 0 Å². The van der Waals surface area contributed by atoms with Crippen molar-refractivity contribution in [3.8, 4) is 0 Å². The maximum atomic E-state index is 13.1. The molecule has 188 valence electrons. The Morgan fingerprint density at radius 2 is 1.83 bits per heavy atom. The van der Waals surface area contributed by atoms with Crippen LogP contribution in [0.15, 0.2) is 62.7 Å². The summed E-state index contributed by atoms with van der Waals surface area (Å²) in [4.78, 5) is 29.0. The van der Waals surface area contributed by atoms with E-state index in [2.05, 4.69) is 36.7 Å². The van der Waals surface area contributed by atoms with Crippen LogP contribution in [0.4, 0.5) is 29.3 Å². The zero-order valence-electron chi connectivity index (χ0n) is 18.8. The van der Waals surface area contributed by atoms with Gasteiger partial charge in [-0.1, -0.05) is 28.1 Å². The van der Waals surface area contributed by atoms with E-state index < -0.39 is 29.7 Å². The van der Waals surface area contributed by atoms with Gasteiger partial charge in [-0.2, -0.15) is 18.3 Å². The Morgan fingerprint density at radius 3 is 2.50 bits per heavy atom. The van der Waals surface area contributed by atoms with Crippen molar-refractivity contribution in [2.75, 3.05) is 23.8 Å². The predicted octanol–water partition coefficient (Wildman–Crippen LogP) is 4.63. The van der Waals surface area contributed by atoms with Crippen molar-refractivity contribution in [1.82, 2.24) is 5.01 Å². The van der Waals surface area contributed by atoms with Crippen LogP contribution >= 0.6 is 15.9 Å². The van der Waals surface area contributed by atoms with Crippen molar-refractivity contribution in [3.05, 3.63) is 63.8 Å². The number of anilines is 2. The SMILES string of the molecule is CCOC(=O)C1CN2N=CN=C(N)C2=C1c1ccc(NC(=O)Nc2ccc(Br)c(C(F)(F)F)c2)cc1. The zero-order chi connectivity index (χ0) is 26.0. The summed E-state index contributed by atoms with van der Waals surface area (Å²) in [5.74, 6) is -0.862. The molecule has 9 nitrogen and oxygen atoms in total. The van der Waals surface area contributed by atoms with E-state index in [0.29, 0.717) is 22.5 Å². The monoisotopic (exact) mass is 564 g/mol. The average molecular weight is 565 g/mol. The standard InChI is InChI=1S/C23H20BrF3N6O3/c1-2-36-21(34)15-10-33-19(20(28)29-11-30-33)18(15)12-3-5-13(6-4-12)31-22(35)32-14-7-8-17(24)16(9-14)23(25,26)27/h3-9,11,15H,2,10H2,1H3,(H2,28,29,30)(H2,31,32,35). The summed E-state index contributed by atoms with van der Waals surface area (Å²) in [5, 5.41) is 10.7. The molecule has 4 rings (SSSR count). The van der Waals surface area contributed by atoms with Crippen molar-refractivity contribution in [3.63, 3.8) is 0 Å². The van der Waals surface area contributed by atoms with E-state index in [1.165, 1.54) is 18.5 Å². The second kappa shape index (κ2) is 10.0. The Morgan fingerprint density at radius 1 is 1.17 bits per heavy atom. The lowest BCUT2D eigenvalue weighted by atomic mass is 9.93. The van der Waals surface area contributed by atoms with Crippen molar-refractivity contribution in [1.29, 1.82) is 0 Å². The molecule has 2 aliphatic heterocycles. The normalized spacial score (nSPS) is 17.0. The van der Waals surface area contributed by atoms with Gasteiger partial charge in [-0.25, -0.2) is 9.79 Å². The number of benzene rings is 2. The molecule has 0 saturated heterocycles. The molecule has 2 aliphatic rings. The number of nitrogens with zero attached hydrogens (tertiary/aromatic N) is 3. The van der Waals surface area contributed by atoms with Crippen LogP contribution in [-0.2, 0) is 15.7 Å². The van der Waals surface area contributed by atoms with E-state index >= 15 is 0 Å². The van der Waals surface area contributed by atoms with Crippen LogP contribution in [0.5, 0.6) is 0 Å². The van der Waals surface area contributed by atoms with E-state index in [4.69, 9.17) is 10.5 Å². The van der Waals surface area contributed by atoms with Crippen LogP contribution in [-0.4, -0.2) is 42.3 Å². The summed E-state index contributed by atoms with van der Waals surface area (Å²) < 4.78 is 44.4. The van der Waals surface area contributed by atoms with Gasteiger partial charge in [0, 0.05) is 21.4 Å². The number of amidine groups is 1. The van der Waals surface area contributed by atoms with E-state index in [1.807, 2.05) is 0 Å². The van der Waals surface area contributed by atoms with Gasteiger partial charge in [0.05, 0.1) is 18.7 Å². The first-order chi connectivity index (χ1) is 17.1. The first-order valence-electron chi connectivity index (χ1n) is 10.7. The topological polar surface area (TPSA) is 121 Å². The Balaban J connectivity index is 1.53. The number of urea groups is 1. The molecule has 0 saturated carbocycles. The lowest BCUT2D eigenvalue weighted by Gasteiger charge is -2.18. The molecule has 2 amide bonds. The van der Waals surface area contributed by atoms with Crippen LogP contribution in [0.25, 0.3) is 5.57 Å². The highest BCUT2D eigenvalue weighted by atomic mass is 79.9. The largest absolute Gasteiger partial charge is 0.465 e. The van der Waals surface area contributed by atoms with E-state index in [0.717, 1.165) is 6.07 Å². The zero-order valence-corrected chi connectivity index (χ0v) is 20.4. The summed E-state index contributed by atoms with van der Waals surface area (Å²) in [6.07, 6.45) is -3.27. The Kier molecular flexibility index (Phi) is 7.02. The molecule has 1 unspecified atom stereocenters. The predicted molar refractivity (Wildman–Crippen MR) is 132 cm³/mol. The molecule has 0 aliphatic carbocycles. The number of nitrogens with two attached hydrogens (primary N) is 1. The summed E-state index contributed by atoms with van der Waals surface area (Å²) in [7, 11) is 0. The minimum atomic E-state index is -4.58. The van der Waals surface area contributed by atoms with Gasteiger partial charge < -0.3 is 21.1 Å². The van der Waals surface area contributed by atoms with Gasteiger partial charge in [0.15, 0.2) is 5.84 Å². The fraction of sp³-hybridized carbons (Fsp3) is 0.217. The number of alkyl halides is 3. The molecule has 4 N–H and O–H groups in total. The smallest absolute Gasteiger partial charge is 0.417 e. The summed E-state index contributed by atoms with van der Waals surface area (Å²) in [5.41, 5.74) is 7.26. The third-order valence-corrected chi connectivity index (χ3v) is 6.09. The van der Waals surface area contributed by atoms with E-state index in [9.17, 15) is 22.8 Å². The lowest BCUT2D eigenvalue weighted by molar-refractivity contribution is -0.146. The van der Waals surface area contributed by atoms with Gasteiger partial charge >= 0.3 is 18.2 Å². The minimum Gasteiger partial charge on any atom is -0.465 e. The first kappa shape index (κ1) is 25.2. The fourth-order valence-electron chi connectivity index (χ4n) is 3.87. The first-order valence-corrected chi connectivity index (χ1v) is 11.5. The maximum Gasteiger partial charge on any atom is 0.417 e. The van der Waals surface area contributed by atoms with Crippen molar-refractivity contribution in [2.45, 2.75) is 13.1 Å². The van der Waals surface area contributed by atoms with E-state index in [-0.39, 0.29) is 29.1 Å². The average Bonchev–Trinajstić information content (AvgIpc) is 3.21. The Hall–Kier alpha value is -3.87. The third-order valence-electron chi connectivity index (χ3n) is 5.40. The van der Waals surface area contributed by atoms with Gasteiger partial charge in [-0.05, 0) is 42.8 Å². The Bertz CT molecular complexity index is 1290. The number of carbonyl (C=O) groups excluding carboxylic acids is 2. The van der Waals surface area contributed by atoms with Crippen LogP contribution < -0.4 is 16.4 Å². The number of aliphatic imine (C=N–C) groups is 1. The molecule has 36 heavy (non-hydrogen) atoms. The van der Waals surface area contributed by atoms with Crippen LogP contribution in [0.1, 0.15) is 18.1 Å². The number of ether oxygens (including phenoxy) is 1. The molecule has 0 fully saturated rings. The second-order valence-corrected chi connectivity index (χ2v) is 8.60. The van der Waals surface area contributed by atoms with Gasteiger partial charge in [0.2, 0.25) is 0 Å². The summed E-state index contributed by atoms with van der Waals surface area (Å²) in [6, 6.07) is 9.20. The molecule has 2 aromatic rings. The summed E-state index contributed by atoms with van der Waals surface area (Å²) in [6.45, 7) is 2.17. The van der Waals surface area contributed by atoms with E-state index in [1.54, 1.807) is 36.2 Å². The van der Waals surface area contributed by atoms with Gasteiger partial charge in [0.1, 0.15) is 18.0 Å². The fourth-order valence-corrected chi connectivity index (χ4v) is 4.34. The quantitative estimate of drug-likeness (QED) is 0.457. The number of fused-ring (bicyclic) bond motifs is 1. The number of halogens is 4. The Labute approximate surface area is 212 Å². The number of amides is 2. The van der Waals surface area contributed by atoms with Gasteiger partial charge in [-0.15, -0.1) is 0 Å². The minimum absolute atomic E-state index is 0.0254. The highest BCUT2D eigenvalue weighted by molar-refractivity contribution is 9.10. The number of nitrogens with one attached hydrogen (secondary N) is 2. The summed E-state index contributed by atoms with van der Waals surface area (Å²) >= 11 is 2.86. The van der Waals surface area contributed by atoms with Crippen molar-refractivity contribution >= 4 is 57.1 Å².